The van der Waals surface area contributed by atoms with Crippen LogP contribution in [0.1, 0.15) is 53.0 Å². The smallest absolute Gasteiger partial charge is 0.408 e. The van der Waals surface area contributed by atoms with Gasteiger partial charge in [0.15, 0.2) is 0 Å². The maximum Gasteiger partial charge on any atom is 0.408 e. The summed E-state index contributed by atoms with van der Waals surface area (Å²) in [6, 6.07) is -0.335. The van der Waals surface area contributed by atoms with Gasteiger partial charge in [0.1, 0.15) is 11.6 Å². The van der Waals surface area contributed by atoms with Crippen molar-refractivity contribution in [2.75, 3.05) is 6.26 Å². The fourth-order valence-electron chi connectivity index (χ4n) is 1.59. The maximum atomic E-state index is 11.9. The van der Waals surface area contributed by atoms with Crippen molar-refractivity contribution in [3.05, 3.63) is 5.89 Å². The highest BCUT2D eigenvalue weighted by Crippen LogP contribution is 2.23. The second-order valence-corrected chi connectivity index (χ2v) is 6.70. The molecule has 0 aliphatic carbocycles. The van der Waals surface area contributed by atoms with Crippen LogP contribution < -0.4 is 5.32 Å². The number of nitrogens with zero attached hydrogens (tertiary/aromatic N) is 2. The molecule has 0 spiro atoms. The van der Waals surface area contributed by atoms with Gasteiger partial charge in [-0.25, -0.2) is 4.79 Å². The van der Waals surface area contributed by atoms with E-state index in [9.17, 15) is 4.79 Å². The summed E-state index contributed by atoms with van der Waals surface area (Å²) in [6.07, 6.45) is 2.08. The number of carbonyl (C=O) groups is 1. The first-order valence-corrected chi connectivity index (χ1v) is 7.80. The topological polar surface area (TPSA) is 77.2 Å². The van der Waals surface area contributed by atoms with Crippen LogP contribution >= 0.6 is 11.8 Å². The Hall–Kier alpha value is -1.24. The molecule has 0 fully saturated rings. The predicted molar refractivity (Wildman–Crippen MR) is 77.6 cm³/mol. The van der Waals surface area contributed by atoms with Crippen LogP contribution in [0.5, 0.6) is 0 Å². The number of hydrogen-bond acceptors (Lipinski definition) is 6. The van der Waals surface area contributed by atoms with Gasteiger partial charge in [-0.3, -0.25) is 0 Å². The third kappa shape index (κ3) is 5.81. The standard InChI is InChI=1S/C13H23N3O3S/c1-8(2)7-9(10-15-16-12(18-10)20-6)14-11(17)19-13(3,4)5/h8-9H,7H2,1-6H3,(H,14,17). The number of amides is 1. The normalized spacial score (nSPS) is 13.3. The van der Waals surface area contributed by atoms with Gasteiger partial charge in [0.05, 0.1) is 0 Å². The van der Waals surface area contributed by atoms with Crippen LogP contribution in [0.15, 0.2) is 9.64 Å². The lowest BCUT2D eigenvalue weighted by atomic mass is 10.0. The minimum Gasteiger partial charge on any atom is -0.444 e. The molecule has 0 aliphatic heterocycles. The molecule has 0 aliphatic rings. The minimum absolute atomic E-state index is 0.335. The molecule has 1 rings (SSSR count). The summed E-state index contributed by atoms with van der Waals surface area (Å²) < 4.78 is 10.8. The van der Waals surface area contributed by atoms with Crippen molar-refractivity contribution in [2.45, 2.75) is 57.9 Å². The van der Waals surface area contributed by atoms with Crippen LogP contribution in [-0.4, -0.2) is 28.1 Å². The number of rotatable bonds is 5. The zero-order valence-electron chi connectivity index (χ0n) is 12.9. The monoisotopic (exact) mass is 301 g/mol. The molecule has 0 bridgehead atoms. The Bertz CT molecular complexity index is 440. The fourth-order valence-corrected chi connectivity index (χ4v) is 1.88. The maximum absolute atomic E-state index is 11.9. The molecule has 1 N–H and O–H groups in total. The highest BCUT2D eigenvalue weighted by atomic mass is 32.2. The molecule has 114 valence electrons. The first kappa shape index (κ1) is 16.8. The predicted octanol–water partition coefficient (Wildman–Crippen LogP) is 3.40. The molecule has 1 aromatic heterocycles. The second kappa shape index (κ2) is 6.97. The van der Waals surface area contributed by atoms with Gasteiger partial charge >= 0.3 is 6.09 Å². The largest absolute Gasteiger partial charge is 0.444 e. The van der Waals surface area contributed by atoms with E-state index in [2.05, 4.69) is 29.4 Å². The van der Waals surface area contributed by atoms with Crippen molar-refractivity contribution in [2.24, 2.45) is 5.92 Å². The van der Waals surface area contributed by atoms with E-state index in [0.717, 1.165) is 0 Å². The summed E-state index contributed by atoms with van der Waals surface area (Å²) in [5.41, 5.74) is -0.536. The third-order valence-electron chi connectivity index (χ3n) is 2.29. The second-order valence-electron chi connectivity index (χ2n) is 5.94. The minimum atomic E-state index is -0.536. The Morgan fingerprint density at radius 1 is 1.40 bits per heavy atom. The summed E-state index contributed by atoms with van der Waals surface area (Å²) in [5.74, 6) is 0.786. The Labute approximate surface area is 124 Å². The molecular weight excluding hydrogens is 278 g/mol. The molecular formula is C13H23N3O3S. The van der Waals surface area contributed by atoms with Gasteiger partial charge in [-0.1, -0.05) is 25.6 Å². The van der Waals surface area contributed by atoms with Crippen LogP contribution in [0.3, 0.4) is 0 Å². The summed E-state index contributed by atoms with van der Waals surface area (Å²) in [7, 11) is 0. The molecule has 1 unspecified atom stereocenters. The van der Waals surface area contributed by atoms with Crippen molar-refractivity contribution in [1.82, 2.24) is 15.5 Å². The lowest BCUT2D eigenvalue weighted by molar-refractivity contribution is 0.0487. The van der Waals surface area contributed by atoms with Gasteiger partial charge in [-0.05, 0) is 39.4 Å². The van der Waals surface area contributed by atoms with E-state index in [0.29, 0.717) is 23.5 Å². The van der Waals surface area contributed by atoms with Crippen molar-refractivity contribution in [3.63, 3.8) is 0 Å². The van der Waals surface area contributed by atoms with Crippen molar-refractivity contribution in [3.8, 4) is 0 Å². The van der Waals surface area contributed by atoms with E-state index in [1.807, 2.05) is 27.0 Å². The number of thioether (sulfide) groups is 1. The molecule has 0 saturated heterocycles. The number of ether oxygens (including phenoxy) is 1. The average Bonchev–Trinajstić information content (AvgIpc) is 2.73. The SMILES string of the molecule is CSc1nnc(C(CC(C)C)NC(=O)OC(C)(C)C)o1. The zero-order valence-corrected chi connectivity index (χ0v) is 13.7. The van der Waals surface area contributed by atoms with Gasteiger partial charge in [0, 0.05) is 0 Å². The first-order chi connectivity index (χ1) is 9.21. The molecule has 1 atom stereocenters. The van der Waals surface area contributed by atoms with Crippen LogP contribution in [-0.2, 0) is 4.74 Å². The Morgan fingerprint density at radius 2 is 2.05 bits per heavy atom. The van der Waals surface area contributed by atoms with E-state index in [1.54, 1.807) is 0 Å². The third-order valence-corrected chi connectivity index (χ3v) is 2.81. The fraction of sp³-hybridized carbons (Fsp3) is 0.769. The van der Waals surface area contributed by atoms with Crippen molar-refractivity contribution in [1.29, 1.82) is 0 Å². The van der Waals surface area contributed by atoms with E-state index in [4.69, 9.17) is 9.15 Å². The van der Waals surface area contributed by atoms with E-state index < -0.39 is 11.7 Å². The molecule has 1 aromatic rings. The molecule has 0 aromatic carbocycles. The molecule has 20 heavy (non-hydrogen) atoms. The Morgan fingerprint density at radius 3 is 2.50 bits per heavy atom. The van der Waals surface area contributed by atoms with Gasteiger partial charge in [0.25, 0.3) is 5.22 Å². The number of hydrogen-bond donors (Lipinski definition) is 1. The molecule has 7 heteroatoms. The summed E-state index contributed by atoms with van der Waals surface area (Å²) in [5, 5.41) is 11.2. The summed E-state index contributed by atoms with van der Waals surface area (Å²) >= 11 is 1.37. The highest BCUT2D eigenvalue weighted by Gasteiger charge is 2.25. The van der Waals surface area contributed by atoms with Gasteiger partial charge in [-0.2, -0.15) is 0 Å². The van der Waals surface area contributed by atoms with Gasteiger partial charge < -0.3 is 14.5 Å². The van der Waals surface area contributed by atoms with Crippen LogP contribution in [0.4, 0.5) is 4.79 Å². The van der Waals surface area contributed by atoms with Gasteiger partial charge in [-0.15, -0.1) is 10.2 Å². The van der Waals surface area contributed by atoms with Crippen LogP contribution in [0, 0.1) is 5.92 Å². The molecule has 0 radical (unpaired) electrons. The number of alkyl carbamates (subject to hydrolysis) is 1. The Balaban J connectivity index is 2.76. The zero-order chi connectivity index (χ0) is 15.3. The molecule has 6 nitrogen and oxygen atoms in total. The molecule has 1 heterocycles. The Kier molecular flexibility index (Phi) is 5.86. The van der Waals surface area contributed by atoms with E-state index in [1.165, 1.54) is 11.8 Å². The van der Waals surface area contributed by atoms with Crippen molar-refractivity contribution < 1.29 is 13.9 Å². The summed E-state index contributed by atoms with van der Waals surface area (Å²) in [4.78, 5) is 11.9. The lowest BCUT2D eigenvalue weighted by Gasteiger charge is -2.22. The number of nitrogens with one attached hydrogen (secondary N) is 1. The lowest BCUT2D eigenvalue weighted by Crippen LogP contribution is -2.35. The molecule has 0 saturated carbocycles. The number of carbonyl (C=O) groups excluding carboxylic acids is 1. The average molecular weight is 301 g/mol. The van der Waals surface area contributed by atoms with Crippen molar-refractivity contribution >= 4 is 17.9 Å². The molecule has 1 amide bonds. The van der Waals surface area contributed by atoms with E-state index in [-0.39, 0.29) is 6.04 Å². The highest BCUT2D eigenvalue weighted by molar-refractivity contribution is 7.98. The van der Waals surface area contributed by atoms with Crippen LogP contribution in [0.25, 0.3) is 0 Å². The van der Waals surface area contributed by atoms with Gasteiger partial charge in [0.2, 0.25) is 5.89 Å². The summed E-state index contributed by atoms with van der Waals surface area (Å²) in [6.45, 7) is 9.60. The number of aromatic nitrogens is 2. The quantitative estimate of drug-likeness (QED) is 0.840. The first-order valence-electron chi connectivity index (χ1n) is 6.58. The van der Waals surface area contributed by atoms with Crippen LogP contribution in [0.2, 0.25) is 0 Å². The van der Waals surface area contributed by atoms with E-state index >= 15 is 0 Å².